The van der Waals surface area contributed by atoms with Gasteiger partial charge in [0, 0.05) is 17.6 Å². The van der Waals surface area contributed by atoms with Crippen molar-refractivity contribution in [3.8, 4) is 0 Å². The van der Waals surface area contributed by atoms with Gasteiger partial charge >= 0.3 is 0 Å². The number of anilines is 1. The molecular weight excluding hydrogens is 186 g/mol. The van der Waals surface area contributed by atoms with Gasteiger partial charge < -0.3 is 16.8 Å². The number of nitrogens with two attached hydrogens (primary N) is 2. The van der Waals surface area contributed by atoms with E-state index in [2.05, 4.69) is 23.5 Å². The lowest BCUT2D eigenvalue weighted by Gasteiger charge is -2.14. The van der Waals surface area contributed by atoms with Crippen molar-refractivity contribution in [2.24, 2.45) is 11.5 Å². The SMILES string of the molecule is NCC(N)Nc1cccc2ccccc12. The van der Waals surface area contributed by atoms with Crippen LogP contribution in [0.1, 0.15) is 0 Å². The first-order valence-electron chi connectivity index (χ1n) is 5.01. The van der Waals surface area contributed by atoms with Gasteiger partial charge in [-0.1, -0.05) is 36.4 Å². The second kappa shape index (κ2) is 4.29. The van der Waals surface area contributed by atoms with Crippen LogP contribution >= 0.6 is 0 Å². The Kier molecular flexibility index (Phi) is 2.85. The summed E-state index contributed by atoms with van der Waals surface area (Å²) < 4.78 is 0. The maximum Gasteiger partial charge on any atom is 0.0868 e. The van der Waals surface area contributed by atoms with Crippen molar-refractivity contribution < 1.29 is 0 Å². The number of nitrogens with one attached hydrogen (secondary N) is 1. The molecule has 0 heterocycles. The molecule has 3 heteroatoms. The van der Waals surface area contributed by atoms with E-state index in [0.29, 0.717) is 6.54 Å². The zero-order valence-electron chi connectivity index (χ0n) is 8.48. The first kappa shape index (κ1) is 9.96. The van der Waals surface area contributed by atoms with Crippen molar-refractivity contribution in [1.82, 2.24) is 0 Å². The highest BCUT2D eigenvalue weighted by atomic mass is 15.0. The summed E-state index contributed by atoms with van der Waals surface area (Å²) in [5.41, 5.74) is 12.3. The largest absolute Gasteiger partial charge is 0.368 e. The molecule has 0 spiro atoms. The fourth-order valence-corrected chi connectivity index (χ4v) is 1.61. The van der Waals surface area contributed by atoms with Gasteiger partial charge in [-0.3, -0.25) is 0 Å². The summed E-state index contributed by atoms with van der Waals surface area (Å²) >= 11 is 0. The van der Waals surface area contributed by atoms with Gasteiger partial charge in [0.2, 0.25) is 0 Å². The van der Waals surface area contributed by atoms with Gasteiger partial charge in [0.25, 0.3) is 0 Å². The highest BCUT2D eigenvalue weighted by Crippen LogP contribution is 2.22. The van der Waals surface area contributed by atoms with Crippen LogP contribution in [0.25, 0.3) is 10.8 Å². The van der Waals surface area contributed by atoms with E-state index in [-0.39, 0.29) is 6.17 Å². The molecule has 1 unspecified atom stereocenters. The van der Waals surface area contributed by atoms with E-state index in [1.807, 2.05) is 24.3 Å². The Morgan fingerprint density at radius 3 is 2.60 bits per heavy atom. The molecule has 0 aliphatic heterocycles. The van der Waals surface area contributed by atoms with Crippen LogP contribution in [0.3, 0.4) is 0 Å². The van der Waals surface area contributed by atoms with E-state index in [9.17, 15) is 0 Å². The van der Waals surface area contributed by atoms with Crippen molar-refractivity contribution in [3.63, 3.8) is 0 Å². The molecule has 0 aromatic heterocycles. The first-order valence-corrected chi connectivity index (χ1v) is 5.01. The lowest BCUT2D eigenvalue weighted by atomic mass is 10.1. The van der Waals surface area contributed by atoms with Gasteiger partial charge in [0.05, 0.1) is 6.17 Å². The van der Waals surface area contributed by atoms with E-state index in [0.717, 1.165) is 5.69 Å². The Morgan fingerprint density at radius 2 is 1.80 bits per heavy atom. The van der Waals surface area contributed by atoms with Gasteiger partial charge in [0.15, 0.2) is 0 Å². The lowest BCUT2D eigenvalue weighted by Crippen LogP contribution is -2.37. The molecule has 3 nitrogen and oxygen atoms in total. The van der Waals surface area contributed by atoms with Gasteiger partial charge in [-0.25, -0.2) is 0 Å². The average molecular weight is 201 g/mol. The maximum absolute atomic E-state index is 5.76. The quantitative estimate of drug-likeness (QED) is 0.659. The Morgan fingerprint density at radius 1 is 1.07 bits per heavy atom. The molecule has 0 amide bonds. The monoisotopic (exact) mass is 201 g/mol. The van der Waals surface area contributed by atoms with E-state index >= 15 is 0 Å². The Hall–Kier alpha value is -1.58. The zero-order chi connectivity index (χ0) is 10.7. The summed E-state index contributed by atoms with van der Waals surface area (Å²) in [7, 11) is 0. The molecule has 0 saturated heterocycles. The van der Waals surface area contributed by atoms with Crippen LogP contribution in [-0.2, 0) is 0 Å². The highest BCUT2D eigenvalue weighted by Gasteiger charge is 2.02. The third-order valence-electron chi connectivity index (χ3n) is 2.38. The number of hydrogen-bond acceptors (Lipinski definition) is 3. The minimum absolute atomic E-state index is 0.198. The summed E-state index contributed by atoms with van der Waals surface area (Å²) in [5, 5.41) is 5.56. The third kappa shape index (κ3) is 2.09. The van der Waals surface area contributed by atoms with Crippen LogP contribution in [0.4, 0.5) is 5.69 Å². The van der Waals surface area contributed by atoms with Crippen LogP contribution in [-0.4, -0.2) is 12.7 Å². The van der Waals surface area contributed by atoms with E-state index in [1.165, 1.54) is 10.8 Å². The molecule has 5 N–H and O–H groups in total. The highest BCUT2D eigenvalue weighted by molar-refractivity contribution is 5.93. The van der Waals surface area contributed by atoms with Crippen molar-refractivity contribution in [2.45, 2.75) is 6.17 Å². The Labute approximate surface area is 89.1 Å². The summed E-state index contributed by atoms with van der Waals surface area (Å²) in [4.78, 5) is 0. The van der Waals surface area contributed by atoms with Gasteiger partial charge in [-0.05, 0) is 11.5 Å². The van der Waals surface area contributed by atoms with Crippen LogP contribution in [0.2, 0.25) is 0 Å². The molecule has 0 fully saturated rings. The lowest BCUT2D eigenvalue weighted by molar-refractivity contribution is 0.769. The summed E-state index contributed by atoms with van der Waals surface area (Å²) in [6.07, 6.45) is -0.198. The number of hydrogen-bond donors (Lipinski definition) is 3. The fraction of sp³-hybridized carbons (Fsp3) is 0.167. The molecule has 0 saturated carbocycles. The van der Waals surface area contributed by atoms with E-state index in [4.69, 9.17) is 11.5 Å². The van der Waals surface area contributed by atoms with Gasteiger partial charge in [0.1, 0.15) is 0 Å². The first-order chi connectivity index (χ1) is 7.31. The van der Waals surface area contributed by atoms with Crippen molar-refractivity contribution in [2.75, 3.05) is 11.9 Å². The molecule has 0 aliphatic rings. The minimum Gasteiger partial charge on any atom is -0.368 e. The summed E-state index contributed by atoms with van der Waals surface area (Å²) in [6, 6.07) is 14.3. The summed E-state index contributed by atoms with van der Waals surface area (Å²) in [5.74, 6) is 0. The molecule has 2 rings (SSSR count). The van der Waals surface area contributed by atoms with Crippen molar-refractivity contribution in [3.05, 3.63) is 42.5 Å². The Balaban J connectivity index is 2.42. The van der Waals surface area contributed by atoms with Crippen LogP contribution in [0.5, 0.6) is 0 Å². The van der Waals surface area contributed by atoms with E-state index in [1.54, 1.807) is 0 Å². The second-order valence-electron chi connectivity index (χ2n) is 3.51. The molecule has 0 radical (unpaired) electrons. The molecule has 2 aromatic rings. The average Bonchev–Trinajstić information content (AvgIpc) is 2.29. The van der Waals surface area contributed by atoms with Crippen LogP contribution in [0.15, 0.2) is 42.5 Å². The van der Waals surface area contributed by atoms with Crippen molar-refractivity contribution >= 4 is 16.5 Å². The number of fused-ring (bicyclic) bond motifs is 1. The predicted octanol–water partition coefficient (Wildman–Crippen LogP) is 1.50. The maximum atomic E-state index is 5.76. The zero-order valence-corrected chi connectivity index (χ0v) is 8.48. The second-order valence-corrected chi connectivity index (χ2v) is 3.51. The fourth-order valence-electron chi connectivity index (χ4n) is 1.61. The van der Waals surface area contributed by atoms with Gasteiger partial charge in [-0.2, -0.15) is 0 Å². The smallest absolute Gasteiger partial charge is 0.0868 e. The van der Waals surface area contributed by atoms with E-state index < -0.39 is 0 Å². The molecule has 1 atom stereocenters. The molecule has 78 valence electrons. The summed E-state index contributed by atoms with van der Waals surface area (Å²) in [6.45, 7) is 0.420. The van der Waals surface area contributed by atoms with Gasteiger partial charge in [-0.15, -0.1) is 0 Å². The predicted molar refractivity (Wildman–Crippen MR) is 64.6 cm³/mol. The number of benzene rings is 2. The third-order valence-corrected chi connectivity index (χ3v) is 2.38. The normalized spacial score (nSPS) is 12.7. The molecule has 0 bridgehead atoms. The van der Waals surface area contributed by atoms with Crippen molar-refractivity contribution in [1.29, 1.82) is 0 Å². The molecular formula is C12H15N3. The topological polar surface area (TPSA) is 64.1 Å². The standard InChI is InChI=1S/C12H15N3/c13-8-12(14)15-11-7-3-5-9-4-1-2-6-10(9)11/h1-7,12,15H,8,13-14H2. The molecule has 2 aromatic carbocycles. The molecule has 0 aliphatic carbocycles. The molecule has 15 heavy (non-hydrogen) atoms. The minimum atomic E-state index is -0.198. The number of rotatable bonds is 3. The van der Waals surface area contributed by atoms with Crippen LogP contribution in [0, 0.1) is 0 Å². The van der Waals surface area contributed by atoms with Crippen LogP contribution < -0.4 is 16.8 Å². The Bertz CT molecular complexity index is 448.